The van der Waals surface area contributed by atoms with Gasteiger partial charge in [0.1, 0.15) is 13.2 Å². The van der Waals surface area contributed by atoms with Crippen LogP contribution in [-0.4, -0.2) is 57.8 Å². The van der Waals surface area contributed by atoms with Crippen LogP contribution in [0, 0.1) is 0 Å². The molecule has 2 aromatic carbocycles. The van der Waals surface area contributed by atoms with E-state index >= 15 is 0 Å². The van der Waals surface area contributed by atoms with Crippen LogP contribution < -0.4 is 19.6 Å². The molecule has 1 saturated heterocycles. The molecule has 0 amide bonds. The first-order valence-electron chi connectivity index (χ1n) is 14.1. The largest absolute Gasteiger partial charge is 0.486 e. The summed E-state index contributed by atoms with van der Waals surface area (Å²) in [5.41, 5.74) is 2.48. The fourth-order valence-corrected chi connectivity index (χ4v) is 5.85. The van der Waals surface area contributed by atoms with Gasteiger partial charge in [-0.2, -0.15) is 0 Å². The van der Waals surface area contributed by atoms with Gasteiger partial charge in [-0.15, -0.1) is 0 Å². The number of hydrogen-bond acceptors (Lipinski definition) is 7. The fraction of sp³-hybridized carbons (Fsp3) is 0.516. The average molecular weight is 552 g/mol. The van der Waals surface area contributed by atoms with Crippen LogP contribution in [0.3, 0.4) is 0 Å². The zero-order valence-corrected chi connectivity index (χ0v) is 25.5. The van der Waals surface area contributed by atoms with Gasteiger partial charge in [0, 0.05) is 6.54 Å². The molecule has 39 heavy (non-hydrogen) atoms. The van der Waals surface area contributed by atoms with E-state index in [0.717, 1.165) is 42.4 Å². The van der Waals surface area contributed by atoms with Crippen molar-refractivity contribution in [3.8, 4) is 17.2 Å². The highest BCUT2D eigenvalue weighted by Crippen LogP contribution is 2.42. The fourth-order valence-electron chi connectivity index (χ4n) is 4.56. The number of nitrogens with zero attached hydrogens (tertiary/aromatic N) is 2. The van der Waals surface area contributed by atoms with Crippen molar-refractivity contribution in [2.24, 2.45) is 5.16 Å². The van der Waals surface area contributed by atoms with Crippen LogP contribution in [-0.2, 0) is 4.43 Å². The number of likely N-dealkylation sites (tertiary alicyclic amines) is 1. The molecule has 2 heterocycles. The lowest BCUT2D eigenvalue weighted by Gasteiger charge is -2.43. The van der Waals surface area contributed by atoms with Crippen molar-refractivity contribution in [1.29, 1.82) is 0 Å². The zero-order chi connectivity index (χ0) is 28.0. The number of hydrogen-bond donors (Lipinski definition) is 1. The summed E-state index contributed by atoms with van der Waals surface area (Å²) in [6.45, 7) is 21.8. The van der Waals surface area contributed by atoms with E-state index in [1.54, 1.807) is 0 Å². The van der Waals surface area contributed by atoms with Gasteiger partial charge in [-0.05, 0) is 80.8 Å². The van der Waals surface area contributed by atoms with Crippen molar-refractivity contribution in [3.05, 3.63) is 66.4 Å². The molecule has 2 aliphatic rings. The van der Waals surface area contributed by atoms with Gasteiger partial charge in [0.15, 0.2) is 25.6 Å². The van der Waals surface area contributed by atoms with Gasteiger partial charge in [0.2, 0.25) is 0 Å². The molecule has 0 unspecified atom stereocenters. The summed E-state index contributed by atoms with van der Waals surface area (Å²) in [6, 6.07) is 15.7. The summed E-state index contributed by atoms with van der Waals surface area (Å²) in [4.78, 5) is 8.17. The number of ether oxygens (including phenoxy) is 2. The summed E-state index contributed by atoms with van der Waals surface area (Å²) in [5, 5.41) is 8.12. The third-order valence-electron chi connectivity index (χ3n) is 7.97. The Morgan fingerprint density at radius 3 is 2.38 bits per heavy atom. The molecule has 0 spiro atoms. The molecule has 0 bridgehead atoms. The minimum Gasteiger partial charge on any atom is -0.486 e. The lowest BCUT2D eigenvalue weighted by Crippen LogP contribution is -2.50. The van der Waals surface area contributed by atoms with Crippen LogP contribution >= 0.6 is 0 Å². The molecule has 4 rings (SSSR count). The van der Waals surface area contributed by atoms with Crippen molar-refractivity contribution in [3.63, 3.8) is 0 Å². The first kappa shape index (κ1) is 29.2. The molecular formula is C31H45N3O4Si. The molecule has 8 heteroatoms. The molecule has 7 nitrogen and oxygen atoms in total. The highest BCUT2D eigenvalue weighted by atomic mass is 28.4. The van der Waals surface area contributed by atoms with Crippen LogP contribution in [0.4, 0.5) is 0 Å². The molecule has 0 saturated carbocycles. The number of benzene rings is 2. The number of fused-ring (bicyclic) bond motifs is 1. The van der Waals surface area contributed by atoms with E-state index in [1.165, 1.54) is 12.8 Å². The molecule has 0 aromatic heterocycles. The average Bonchev–Trinajstić information content (AvgIpc) is 3.43. The van der Waals surface area contributed by atoms with Gasteiger partial charge in [0.05, 0.1) is 23.6 Å². The highest BCUT2D eigenvalue weighted by molar-refractivity contribution is 6.74. The monoisotopic (exact) mass is 551 g/mol. The number of allylic oxidation sites excluding steroid dienone is 1. The van der Waals surface area contributed by atoms with Crippen LogP contribution in [0.5, 0.6) is 17.2 Å². The number of para-hydroxylation sites is 1. The zero-order valence-electron chi connectivity index (χ0n) is 24.5. The van der Waals surface area contributed by atoms with Gasteiger partial charge in [0.25, 0.3) is 0 Å². The topological polar surface area (TPSA) is 64.6 Å². The van der Waals surface area contributed by atoms with Crippen molar-refractivity contribution < 1.29 is 18.7 Å². The maximum Gasteiger partial charge on any atom is 0.193 e. The van der Waals surface area contributed by atoms with Crippen LogP contribution in [0.1, 0.15) is 52.2 Å². The molecule has 212 valence electrons. The van der Waals surface area contributed by atoms with Crippen molar-refractivity contribution in [1.82, 2.24) is 10.2 Å². The lowest BCUT2D eigenvalue weighted by atomic mass is 10.00. The maximum absolute atomic E-state index is 7.20. The quantitative estimate of drug-likeness (QED) is 0.194. The van der Waals surface area contributed by atoms with E-state index in [9.17, 15) is 0 Å². The minimum absolute atomic E-state index is 0.0508. The summed E-state index contributed by atoms with van der Waals surface area (Å²) in [7, 11) is -2.16. The standard InChI is InChI=1S/C31H45N3O4Si/c1-23(24(2)33-37-26-13-9-8-10-14-26)32-27(22-34-17-11-12-18-34)30(38-39(6,7)31(3,4)5)25-15-16-28-29(21-25)36-20-19-35-28/h8-10,13-16,21,27,30,32H,1,11-12,17-20,22H2,2-7H3/b33-24+/t27-,30-/m1/s1. The first-order chi connectivity index (χ1) is 18.5. The van der Waals surface area contributed by atoms with Crippen LogP contribution in [0.15, 0.2) is 66.0 Å². The molecule has 1 N–H and O–H groups in total. The van der Waals surface area contributed by atoms with Crippen LogP contribution in [0.2, 0.25) is 18.1 Å². The Bertz CT molecular complexity index is 1140. The third kappa shape index (κ3) is 7.65. The predicted octanol–water partition coefficient (Wildman–Crippen LogP) is 6.54. The van der Waals surface area contributed by atoms with E-state index < -0.39 is 8.32 Å². The van der Waals surface area contributed by atoms with E-state index in [4.69, 9.17) is 18.7 Å². The Hall–Kier alpha value is -2.81. The Morgan fingerprint density at radius 1 is 1.05 bits per heavy atom. The second-order valence-electron chi connectivity index (χ2n) is 12.0. The second kappa shape index (κ2) is 12.6. The Morgan fingerprint density at radius 2 is 1.72 bits per heavy atom. The van der Waals surface area contributed by atoms with Crippen molar-refractivity contribution >= 4 is 14.0 Å². The minimum atomic E-state index is -2.16. The first-order valence-corrected chi connectivity index (χ1v) is 17.0. The molecule has 2 aliphatic heterocycles. The summed E-state index contributed by atoms with van der Waals surface area (Å²) >= 11 is 0. The second-order valence-corrected chi connectivity index (χ2v) is 16.8. The van der Waals surface area contributed by atoms with Crippen molar-refractivity contribution in [2.45, 2.75) is 70.8 Å². The number of nitrogens with one attached hydrogen (secondary N) is 1. The van der Waals surface area contributed by atoms with E-state index in [2.05, 4.69) is 67.9 Å². The summed E-state index contributed by atoms with van der Waals surface area (Å²) < 4.78 is 19.0. The van der Waals surface area contributed by atoms with E-state index in [0.29, 0.717) is 24.7 Å². The molecule has 0 radical (unpaired) electrons. The third-order valence-corrected chi connectivity index (χ3v) is 12.4. The van der Waals surface area contributed by atoms with Gasteiger partial charge in [-0.1, -0.05) is 56.8 Å². The summed E-state index contributed by atoms with van der Waals surface area (Å²) in [6.07, 6.45) is 2.22. The molecular weight excluding hydrogens is 506 g/mol. The normalized spacial score (nSPS) is 17.9. The Kier molecular flexibility index (Phi) is 9.41. The summed E-state index contributed by atoms with van der Waals surface area (Å²) in [5.74, 6) is 2.24. The molecule has 0 aliphatic carbocycles. The predicted molar refractivity (Wildman–Crippen MR) is 160 cm³/mol. The SMILES string of the molecule is C=C(N[C@H](CN1CCCC1)[C@H](O[Si](C)(C)C(C)(C)C)c1ccc2c(c1)OCCO2)/C(C)=N/Oc1ccccc1. The number of rotatable bonds is 11. The molecule has 2 atom stereocenters. The molecule has 1 fully saturated rings. The Balaban J connectivity index is 1.65. The van der Waals surface area contributed by atoms with Gasteiger partial charge in [-0.3, -0.25) is 0 Å². The maximum atomic E-state index is 7.20. The number of oxime groups is 1. The lowest BCUT2D eigenvalue weighted by molar-refractivity contribution is 0.119. The van der Waals surface area contributed by atoms with Crippen LogP contribution in [0.25, 0.3) is 0 Å². The van der Waals surface area contributed by atoms with Crippen molar-refractivity contribution in [2.75, 3.05) is 32.8 Å². The smallest absolute Gasteiger partial charge is 0.193 e. The van der Waals surface area contributed by atoms with Gasteiger partial charge < -0.3 is 29.0 Å². The highest BCUT2D eigenvalue weighted by Gasteiger charge is 2.42. The Labute approximate surface area is 235 Å². The van der Waals surface area contributed by atoms with Gasteiger partial charge in [-0.25, -0.2) is 0 Å². The van der Waals surface area contributed by atoms with E-state index in [1.807, 2.05) is 43.3 Å². The van der Waals surface area contributed by atoms with Gasteiger partial charge >= 0.3 is 0 Å². The molecule has 2 aromatic rings. The van der Waals surface area contributed by atoms with E-state index in [-0.39, 0.29) is 17.2 Å².